The van der Waals surface area contributed by atoms with Crippen molar-refractivity contribution in [2.45, 2.75) is 44.9 Å². The van der Waals surface area contributed by atoms with Crippen LogP contribution in [0.4, 0.5) is 0 Å². The van der Waals surface area contributed by atoms with Crippen LogP contribution in [0.5, 0.6) is 0 Å². The van der Waals surface area contributed by atoms with E-state index in [0.29, 0.717) is 11.7 Å². The Hall–Kier alpha value is -1.38. The standard InChI is InChI=1S/C25H26NO.Y/c27-24-17-15-20(10-4-9-19-7-2-1-3-8-19)23(24)16-14-22-12-5-11-21-13-6-18-26-25(21)22;/h1-2,5-8,11-13,18,20,23H,4,9-10,14-17H2;/q-1;/t20-,23+;/m0./s1. The number of rotatable bonds is 7. The molecule has 2 nitrogen and oxygen atoms in total. The average molecular weight is 445 g/mol. The molecule has 3 aromatic rings. The van der Waals surface area contributed by atoms with Crippen LogP contribution in [0.2, 0.25) is 0 Å². The van der Waals surface area contributed by atoms with Crippen molar-refractivity contribution in [1.82, 2.24) is 4.98 Å². The molecule has 1 fully saturated rings. The number of ketones is 1. The van der Waals surface area contributed by atoms with Gasteiger partial charge in [-0.05, 0) is 36.8 Å². The molecule has 1 radical (unpaired) electrons. The summed E-state index contributed by atoms with van der Waals surface area (Å²) in [6.45, 7) is 0. The minimum absolute atomic E-state index is 0. The summed E-state index contributed by atoms with van der Waals surface area (Å²) in [6.07, 6.45) is 8.98. The number of pyridine rings is 1. The fraction of sp³-hybridized carbons (Fsp3) is 0.360. The number of hydrogen-bond acceptors (Lipinski definition) is 2. The summed E-state index contributed by atoms with van der Waals surface area (Å²) in [5, 5.41) is 1.18. The maximum Gasteiger partial charge on any atom is 0.136 e. The summed E-state index contributed by atoms with van der Waals surface area (Å²) in [5.74, 6) is 1.25. The summed E-state index contributed by atoms with van der Waals surface area (Å²) < 4.78 is 0. The molecule has 0 aliphatic heterocycles. The quantitative estimate of drug-likeness (QED) is 0.444. The summed E-state index contributed by atoms with van der Waals surface area (Å²) in [4.78, 5) is 17.0. The van der Waals surface area contributed by atoms with Crippen molar-refractivity contribution in [3.63, 3.8) is 0 Å². The topological polar surface area (TPSA) is 30.0 Å². The first-order valence-electron chi connectivity index (χ1n) is 10.1. The molecule has 1 aromatic heterocycles. The number of carbonyl (C=O) groups is 1. The molecule has 0 spiro atoms. The fourth-order valence-electron chi connectivity index (χ4n) is 4.55. The maximum absolute atomic E-state index is 12.5. The molecule has 1 saturated carbocycles. The van der Waals surface area contributed by atoms with Crippen molar-refractivity contribution in [1.29, 1.82) is 0 Å². The number of nitrogens with zero attached hydrogens (tertiary/aromatic N) is 1. The Morgan fingerprint density at radius 1 is 1.04 bits per heavy atom. The fourth-order valence-corrected chi connectivity index (χ4v) is 4.55. The Balaban J connectivity index is 0.00000225. The Morgan fingerprint density at radius 2 is 1.93 bits per heavy atom. The number of aromatic nitrogens is 1. The third-order valence-corrected chi connectivity index (χ3v) is 6.00. The number of aryl methyl sites for hydroxylation is 2. The van der Waals surface area contributed by atoms with E-state index in [-0.39, 0.29) is 38.6 Å². The van der Waals surface area contributed by atoms with Gasteiger partial charge in [0.25, 0.3) is 0 Å². The van der Waals surface area contributed by atoms with Gasteiger partial charge in [0.15, 0.2) is 0 Å². The van der Waals surface area contributed by atoms with Crippen molar-refractivity contribution in [2.75, 3.05) is 0 Å². The van der Waals surface area contributed by atoms with Gasteiger partial charge in [-0.2, -0.15) is 35.9 Å². The average Bonchev–Trinajstić information content (AvgIpc) is 3.07. The third-order valence-electron chi connectivity index (χ3n) is 6.00. The van der Waals surface area contributed by atoms with Gasteiger partial charge in [0.1, 0.15) is 5.78 Å². The maximum atomic E-state index is 12.5. The Kier molecular flexibility index (Phi) is 7.94. The van der Waals surface area contributed by atoms with E-state index in [1.165, 1.54) is 16.5 Å². The summed E-state index contributed by atoms with van der Waals surface area (Å²) >= 11 is 0. The number of hydrogen-bond donors (Lipinski definition) is 0. The van der Waals surface area contributed by atoms with Gasteiger partial charge in [-0.3, -0.25) is 9.78 Å². The zero-order valence-electron chi connectivity index (χ0n) is 16.3. The van der Waals surface area contributed by atoms with Crippen LogP contribution in [0, 0.1) is 17.9 Å². The van der Waals surface area contributed by atoms with E-state index in [9.17, 15) is 4.79 Å². The second-order valence-electron chi connectivity index (χ2n) is 7.71. The van der Waals surface area contributed by atoms with E-state index in [1.807, 2.05) is 18.3 Å². The van der Waals surface area contributed by atoms with Crippen LogP contribution < -0.4 is 0 Å². The number of fused-ring (bicyclic) bond motifs is 1. The summed E-state index contributed by atoms with van der Waals surface area (Å²) in [7, 11) is 0. The van der Waals surface area contributed by atoms with Crippen molar-refractivity contribution in [3.8, 4) is 0 Å². The number of para-hydroxylation sites is 1. The molecular weight excluding hydrogens is 419 g/mol. The first-order chi connectivity index (χ1) is 13.3. The Morgan fingerprint density at radius 3 is 2.79 bits per heavy atom. The molecule has 0 saturated heterocycles. The molecule has 28 heavy (non-hydrogen) atoms. The Bertz CT molecular complexity index is 903. The molecule has 2 aromatic carbocycles. The van der Waals surface area contributed by atoms with Gasteiger partial charge < -0.3 is 0 Å². The number of carbonyl (C=O) groups excluding carboxylic acids is 1. The predicted octanol–water partition coefficient (Wildman–Crippen LogP) is 5.58. The van der Waals surface area contributed by atoms with E-state index in [4.69, 9.17) is 0 Å². The van der Waals surface area contributed by atoms with Gasteiger partial charge in [-0.15, -0.1) is 0 Å². The molecule has 0 unspecified atom stereocenters. The van der Waals surface area contributed by atoms with E-state index < -0.39 is 0 Å². The van der Waals surface area contributed by atoms with Crippen LogP contribution >= 0.6 is 0 Å². The van der Waals surface area contributed by atoms with Crippen LogP contribution in [-0.2, 0) is 50.3 Å². The molecule has 0 bridgehead atoms. The monoisotopic (exact) mass is 445 g/mol. The van der Waals surface area contributed by atoms with Crippen LogP contribution in [0.3, 0.4) is 0 Å². The molecule has 0 N–H and O–H groups in total. The van der Waals surface area contributed by atoms with Crippen molar-refractivity contribution in [2.24, 2.45) is 11.8 Å². The van der Waals surface area contributed by atoms with Gasteiger partial charge in [0, 0.05) is 56.6 Å². The normalized spacial score (nSPS) is 18.9. The molecule has 3 heteroatoms. The molecule has 1 aliphatic rings. The van der Waals surface area contributed by atoms with Crippen LogP contribution in [0.1, 0.15) is 43.2 Å². The van der Waals surface area contributed by atoms with Gasteiger partial charge in [0.05, 0.1) is 5.52 Å². The minimum atomic E-state index is 0. The SMILES string of the molecule is O=C1CC[C@H](CCCc2c[c-]ccc2)[C@H]1CCc1cccc2cccnc12.[Y]. The minimum Gasteiger partial charge on any atom is -0.299 e. The van der Waals surface area contributed by atoms with Crippen LogP contribution in [0.25, 0.3) is 10.9 Å². The first-order valence-corrected chi connectivity index (χ1v) is 10.1. The zero-order valence-corrected chi connectivity index (χ0v) is 19.1. The summed E-state index contributed by atoms with van der Waals surface area (Å²) in [6, 6.07) is 21.8. The van der Waals surface area contributed by atoms with Gasteiger partial charge in [-0.25, -0.2) is 0 Å². The molecule has 2 atom stereocenters. The molecule has 4 rings (SSSR count). The largest absolute Gasteiger partial charge is 0.299 e. The van der Waals surface area contributed by atoms with Crippen LogP contribution in [0.15, 0.2) is 60.8 Å². The predicted molar refractivity (Wildman–Crippen MR) is 110 cm³/mol. The number of benzene rings is 2. The van der Waals surface area contributed by atoms with Crippen molar-refractivity contribution < 1.29 is 37.5 Å². The van der Waals surface area contributed by atoms with Crippen molar-refractivity contribution in [3.05, 3.63) is 78.0 Å². The molecular formula is C25H26NOY-. The van der Waals surface area contributed by atoms with Crippen LogP contribution in [-0.4, -0.2) is 10.8 Å². The molecule has 0 amide bonds. The van der Waals surface area contributed by atoms with E-state index in [2.05, 4.69) is 53.5 Å². The first kappa shape index (κ1) is 21.3. The zero-order chi connectivity index (χ0) is 18.5. The van der Waals surface area contributed by atoms with Gasteiger partial charge in [-0.1, -0.05) is 43.5 Å². The molecule has 1 heterocycles. The van der Waals surface area contributed by atoms with E-state index in [0.717, 1.165) is 50.5 Å². The second-order valence-corrected chi connectivity index (χ2v) is 7.71. The molecule has 1 aliphatic carbocycles. The molecule has 141 valence electrons. The Labute approximate surface area is 193 Å². The summed E-state index contributed by atoms with van der Waals surface area (Å²) in [5.41, 5.74) is 3.70. The van der Waals surface area contributed by atoms with Gasteiger partial charge in [0.2, 0.25) is 0 Å². The smallest absolute Gasteiger partial charge is 0.136 e. The third kappa shape index (κ3) is 5.16. The second kappa shape index (κ2) is 10.4. The van der Waals surface area contributed by atoms with Gasteiger partial charge >= 0.3 is 0 Å². The van der Waals surface area contributed by atoms with Crippen molar-refractivity contribution >= 4 is 16.7 Å². The van der Waals surface area contributed by atoms with E-state index in [1.54, 1.807) is 0 Å². The van der Waals surface area contributed by atoms with E-state index >= 15 is 0 Å². The number of Topliss-reactive ketones (excluding diaryl/α,β-unsaturated/α-hetero) is 1.